The molecule has 2 unspecified atom stereocenters. The standard InChI is InChI=1S/C11H23N3O2S/c1-6-10(7-12)17(15,16)13-11(9(2)3)8-14(4)5/h9-11,13H,6,8H2,1-5H3. The van der Waals surface area contributed by atoms with Crippen LogP contribution in [0.15, 0.2) is 0 Å². The third-order valence-electron chi connectivity index (χ3n) is 2.57. The van der Waals surface area contributed by atoms with Gasteiger partial charge in [-0.15, -0.1) is 0 Å². The molecule has 0 amide bonds. The van der Waals surface area contributed by atoms with Crippen LogP contribution in [0.2, 0.25) is 0 Å². The summed E-state index contributed by atoms with van der Waals surface area (Å²) in [7, 11) is 0.238. The summed E-state index contributed by atoms with van der Waals surface area (Å²) in [6, 6.07) is 1.66. The van der Waals surface area contributed by atoms with Crippen molar-refractivity contribution in [3.8, 4) is 6.07 Å². The average molecular weight is 261 g/mol. The van der Waals surface area contributed by atoms with E-state index >= 15 is 0 Å². The third-order valence-corrected chi connectivity index (χ3v) is 4.39. The van der Waals surface area contributed by atoms with Crippen molar-refractivity contribution in [2.45, 2.75) is 38.5 Å². The van der Waals surface area contributed by atoms with Crippen molar-refractivity contribution >= 4 is 10.0 Å². The molecule has 1 N–H and O–H groups in total. The first-order valence-electron chi connectivity index (χ1n) is 5.80. The molecule has 0 aromatic carbocycles. The van der Waals surface area contributed by atoms with Crippen molar-refractivity contribution < 1.29 is 8.42 Å². The van der Waals surface area contributed by atoms with Crippen LogP contribution in [0.1, 0.15) is 27.2 Å². The molecule has 100 valence electrons. The molecule has 0 radical (unpaired) electrons. The van der Waals surface area contributed by atoms with Gasteiger partial charge in [0, 0.05) is 12.6 Å². The lowest BCUT2D eigenvalue weighted by Gasteiger charge is -2.26. The number of nitrogens with one attached hydrogen (secondary N) is 1. The fourth-order valence-corrected chi connectivity index (χ4v) is 2.96. The molecule has 0 fully saturated rings. The number of hydrogen-bond donors (Lipinski definition) is 1. The van der Waals surface area contributed by atoms with Gasteiger partial charge in [0.1, 0.15) is 0 Å². The van der Waals surface area contributed by atoms with E-state index in [1.165, 1.54) is 0 Å². The highest BCUT2D eigenvalue weighted by atomic mass is 32.2. The van der Waals surface area contributed by atoms with Crippen LogP contribution in [-0.4, -0.2) is 45.2 Å². The number of nitriles is 1. The second-order valence-electron chi connectivity index (χ2n) is 4.80. The molecule has 0 saturated carbocycles. The van der Waals surface area contributed by atoms with E-state index in [9.17, 15) is 8.42 Å². The topological polar surface area (TPSA) is 73.2 Å². The van der Waals surface area contributed by atoms with E-state index in [4.69, 9.17) is 5.26 Å². The lowest BCUT2D eigenvalue weighted by Crippen LogP contribution is -2.47. The van der Waals surface area contributed by atoms with E-state index < -0.39 is 15.3 Å². The first-order chi connectivity index (χ1) is 7.74. The summed E-state index contributed by atoms with van der Waals surface area (Å²) in [5, 5.41) is 7.85. The molecule has 0 aliphatic rings. The second-order valence-corrected chi connectivity index (χ2v) is 6.70. The third kappa shape index (κ3) is 5.48. The van der Waals surface area contributed by atoms with Gasteiger partial charge in [-0.3, -0.25) is 0 Å². The zero-order valence-electron chi connectivity index (χ0n) is 11.3. The number of sulfonamides is 1. The highest BCUT2D eigenvalue weighted by Crippen LogP contribution is 2.09. The van der Waals surface area contributed by atoms with Crippen LogP contribution in [0.3, 0.4) is 0 Å². The van der Waals surface area contributed by atoms with Crippen LogP contribution in [-0.2, 0) is 10.0 Å². The van der Waals surface area contributed by atoms with Crippen LogP contribution < -0.4 is 4.72 Å². The lowest BCUT2D eigenvalue weighted by molar-refractivity contribution is 0.314. The van der Waals surface area contributed by atoms with Gasteiger partial charge < -0.3 is 4.90 Å². The van der Waals surface area contributed by atoms with Crippen LogP contribution in [0.5, 0.6) is 0 Å². The van der Waals surface area contributed by atoms with Crippen molar-refractivity contribution in [1.82, 2.24) is 9.62 Å². The van der Waals surface area contributed by atoms with Crippen molar-refractivity contribution in [2.24, 2.45) is 5.92 Å². The van der Waals surface area contributed by atoms with E-state index in [0.29, 0.717) is 13.0 Å². The van der Waals surface area contributed by atoms with Crippen molar-refractivity contribution in [3.63, 3.8) is 0 Å². The van der Waals surface area contributed by atoms with Gasteiger partial charge in [0.2, 0.25) is 10.0 Å². The molecule has 0 spiro atoms. The highest BCUT2D eigenvalue weighted by Gasteiger charge is 2.28. The van der Waals surface area contributed by atoms with E-state index in [0.717, 1.165) is 0 Å². The minimum atomic E-state index is -3.55. The minimum absolute atomic E-state index is 0.169. The molecule has 0 rings (SSSR count). The van der Waals surface area contributed by atoms with Gasteiger partial charge in [-0.25, -0.2) is 13.1 Å². The number of hydrogen-bond acceptors (Lipinski definition) is 4. The molecular formula is C11H23N3O2S. The molecule has 0 heterocycles. The summed E-state index contributed by atoms with van der Waals surface area (Å²) in [5.41, 5.74) is 0. The minimum Gasteiger partial charge on any atom is -0.308 e. The monoisotopic (exact) mass is 261 g/mol. The molecule has 0 aliphatic carbocycles. The molecule has 17 heavy (non-hydrogen) atoms. The fourth-order valence-electron chi connectivity index (χ4n) is 1.45. The molecule has 0 aromatic rings. The molecule has 0 aromatic heterocycles. The van der Waals surface area contributed by atoms with E-state index in [1.807, 2.05) is 38.9 Å². The smallest absolute Gasteiger partial charge is 0.228 e. The Kier molecular flexibility index (Phi) is 6.68. The first kappa shape index (κ1) is 16.4. The van der Waals surface area contributed by atoms with Gasteiger partial charge in [-0.2, -0.15) is 5.26 Å². The van der Waals surface area contributed by atoms with Gasteiger partial charge in [0.15, 0.2) is 5.25 Å². The molecular weight excluding hydrogens is 238 g/mol. The normalized spacial score (nSPS) is 15.9. The number of likely N-dealkylation sites (N-methyl/N-ethyl adjacent to an activating group) is 1. The quantitative estimate of drug-likeness (QED) is 0.735. The van der Waals surface area contributed by atoms with Gasteiger partial charge in [-0.05, 0) is 26.4 Å². The Hall–Kier alpha value is -0.640. The molecule has 6 heteroatoms. The van der Waals surface area contributed by atoms with Crippen molar-refractivity contribution in [1.29, 1.82) is 5.26 Å². The Morgan fingerprint density at radius 1 is 1.35 bits per heavy atom. The van der Waals surface area contributed by atoms with Crippen molar-refractivity contribution in [3.05, 3.63) is 0 Å². The number of rotatable bonds is 7. The highest BCUT2D eigenvalue weighted by molar-refractivity contribution is 7.90. The second kappa shape index (κ2) is 6.94. The Labute approximate surface area is 105 Å². The molecule has 0 bridgehead atoms. The summed E-state index contributed by atoms with van der Waals surface area (Å²) >= 11 is 0. The van der Waals surface area contributed by atoms with Gasteiger partial charge in [0.05, 0.1) is 6.07 Å². The Morgan fingerprint density at radius 3 is 2.18 bits per heavy atom. The van der Waals surface area contributed by atoms with Crippen LogP contribution in [0.4, 0.5) is 0 Å². The predicted octanol–water partition coefficient (Wildman–Crippen LogP) is 0.794. The molecule has 0 aliphatic heterocycles. The maximum absolute atomic E-state index is 11.9. The summed E-state index contributed by atoms with van der Waals surface area (Å²) in [6.07, 6.45) is 0.304. The van der Waals surface area contributed by atoms with Gasteiger partial charge in [-0.1, -0.05) is 20.8 Å². The predicted molar refractivity (Wildman–Crippen MR) is 68.9 cm³/mol. The van der Waals surface area contributed by atoms with E-state index in [2.05, 4.69) is 4.72 Å². The van der Waals surface area contributed by atoms with E-state index in [-0.39, 0.29) is 12.0 Å². The Morgan fingerprint density at radius 2 is 1.88 bits per heavy atom. The SMILES string of the molecule is CCC(C#N)S(=O)(=O)NC(CN(C)C)C(C)C. The fraction of sp³-hybridized carbons (Fsp3) is 0.909. The van der Waals surface area contributed by atoms with Crippen LogP contribution in [0, 0.1) is 17.2 Å². The average Bonchev–Trinajstić information content (AvgIpc) is 2.16. The first-order valence-corrected chi connectivity index (χ1v) is 7.34. The lowest BCUT2D eigenvalue weighted by atomic mass is 10.1. The molecule has 2 atom stereocenters. The zero-order valence-corrected chi connectivity index (χ0v) is 12.1. The number of nitrogens with zero attached hydrogens (tertiary/aromatic N) is 2. The summed E-state index contributed by atoms with van der Waals surface area (Å²) in [5.74, 6) is 0.184. The summed E-state index contributed by atoms with van der Waals surface area (Å²) < 4.78 is 26.5. The molecule has 5 nitrogen and oxygen atoms in total. The zero-order chi connectivity index (χ0) is 13.6. The van der Waals surface area contributed by atoms with Gasteiger partial charge in [0.25, 0.3) is 0 Å². The largest absolute Gasteiger partial charge is 0.308 e. The van der Waals surface area contributed by atoms with E-state index in [1.54, 1.807) is 6.92 Å². The Bertz CT molecular complexity index is 357. The summed E-state index contributed by atoms with van der Waals surface area (Å²) in [6.45, 7) is 6.25. The summed E-state index contributed by atoms with van der Waals surface area (Å²) in [4.78, 5) is 1.93. The van der Waals surface area contributed by atoms with Crippen LogP contribution >= 0.6 is 0 Å². The van der Waals surface area contributed by atoms with Crippen molar-refractivity contribution in [2.75, 3.05) is 20.6 Å². The molecule has 0 saturated heterocycles. The Balaban J connectivity index is 4.82. The maximum atomic E-state index is 11.9. The maximum Gasteiger partial charge on any atom is 0.228 e. The van der Waals surface area contributed by atoms with Crippen LogP contribution in [0.25, 0.3) is 0 Å². The van der Waals surface area contributed by atoms with Gasteiger partial charge >= 0.3 is 0 Å².